The van der Waals surface area contributed by atoms with Crippen LogP contribution in [0.5, 0.6) is 5.75 Å². The van der Waals surface area contributed by atoms with E-state index in [2.05, 4.69) is 0 Å². The largest absolute Gasteiger partial charge is 0.494 e. The van der Waals surface area contributed by atoms with E-state index in [1.54, 1.807) is 6.08 Å². The molecule has 1 atom stereocenters. The molecule has 0 radical (unpaired) electrons. The number of hydroxylamine groups is 2. The number of hydrogen-bond acceptors (Lipinski definition) is 4. The lowest BCUT2D eigenvalue weighted by atomic mass is 10.1. The Morgan fingerprint density at radius 2 is 1.77 bits per heavy atom. The number of nitrogens with zero attached hydrogens (tertiary/aromatic N) is 1. The molecule has 1 aromatic carbocycles. The third kappa shape index (κ3) is 8.63. The van der Waals surface area contributed by atoms with Gasteiger partial charge >= 0.3 is 0 Å². The standard InChI is InChI=1S/C22H33NO3/c1-23-17-16-22(26-23)11-7-5-3-2-4-6-8-19-25-21-14-12-20(13-15-21)10-9-18-24/h9-10,12-15,18,22H,2-8,11,16-17,19H2,1H3/b10-9+. The van der Waals surface area contributed by atoms with E-state index in [1.807, 2.05) is 36.4 Å². The minimum Gasteiger partial charge on any atom is -0.494 e. The van der Waals surface area contributed by atoms with Crippen LogP contribution in [-0.4, -0.2) is 37.7 Å². The summed E-state index contributed by atoms with van der Waals surface area (Å²) in [4.78, 5) is 16.0. The average Bonchev–Trinajstić information content (AvgIpc) is 3.07. The number of unbranched alkanes of at least 4 members (excludes halogenated alkanes) is 6. The van der Waals surface area contributed by atoms with Gasteiger partial charge in [-0.3, -0.25) is 9.63 Å². The second-order valence-electron chi connectivity index (χ2n) is 7.04. The lowest BCUT2D eigenvalue weighted by molar-refractivity contribution is -0.128. The molecule has 1 fully saturated rings. The zero-order chi connectivity index (χ0) is 18.5. The summed E-state index contributed by atoms with van der Waals surface area (Å²) in [5.41, 5.74) is 1.01. The Labute approximate surface area is 158 Å². The molecule has 0 saturated carbocycles. The molecular weight excluding hydrogens is 326 g/mol. The van der Waals surface area contributed by atoms with Gasteiger partial charge in [0.25, 0.3) is 0 Å². The van der Waals surface area contributed by atoms with Crippen molar-refractivity contribution in [3.63, 3.8) is 0 Å². The van der Waals surface area contributed by atoms with Crippen molar-refractivity contribution >= 4 is 12.4 Å². The third-order valence-electron chi connectivity index (χ3n) is 4.78. The van der Waals surface area contributed by atoms with Crippen LogP contribution in [0.4, 0.5) is 0 Å². The molecule has 0 aliphatic carbocycles. The van der Waals surface area contributed by atoms with Crippen molar-refractivity contribution in [2.24, 2.45) is 0 Å². The minimum absolute atomic E-state index is 0.465. The predicted octanol–water partition coefficient (Wildman–Crippen LogP) is 5.03. The normalized spacial score (nSPS) is 17.8. The first-order valence-corrected chi connectivity index (χ1v) is 10.0. The van der Waals surface area contributed by atoms with Gasteiger partial charge in [-0.15, -0.1) is 0 Å². The van der Waals surface area contributed by atoms with Gasteiger partial charge in [0.15, 0.2) is 0 Å². The first-order chi connectivity index (χ1) is 12.8. The van der Waals surface area contributed by atoms with Gasteiger partial charge in [-0.25, -0.2) is 0 Å². The van der Waals surface area contributed by atoms with E-state index in [-0.39, 0.29) is 0 Å². The highest BCUT2D eigenvalue weighted by Gasteiger charge is 2.19. The van der Waals surface area contributed by atoms with E-state index in [4.69, 9.17) is 9.57 Å². The summed E-state index contributed by atoms with van der Waals surface area (Å²) in [5.74, 6) is 0.896. The monoisotopic (exact) mass is 359 g/mol. The molecule has 4 nitrogen and oxygen atoms in total. The Balaban J connectivity index is 1.40. The van der Waals surface area contributed by atoms with Crippen LogP contribution in [0.1, 0.15) is 63.4 Å². The Morgan fingerprint density at radius 1 is 1.08 bits per heavy atom. The molecule has 26 heavy (non-hydrogen) atoms. The zero-order valence-electron chi connectivity index (χ0n) is 16.1. The van der Waals surface area contributed by atoms with Crippen LogP contribution in [0.3, 0.4) is 0 Å². The SMILES string of the molecule is CN1CCC(CCCCCCCCCOc2ccc(/C=C/C=O)cc2)O1. The maximum atomic E-state index is 10.3. The number of rotatable bonds is 13. The maximum absolute atomic E-state index is 10.3. The number of benzene rings is 1. The third-order valence-corrected chi connectivity index (χ3v) is 4.78. The molecule has 1 aliphatic rings. The molecule has 0 spiro atoms. The minimum atomic E-state index is 0.465. The van der Waals surface area contributed by atoms with Gasteiger partial charge in [-0.05, 0) is 43.0 Å². The molecule has 1 aliphatic heterocycles. The smallest absolute Gasteiger partial charge is 0.142 e. The number of carbonyl (C=O) groups is 1. The number of carbonyl (C=O) groups excluding carboxylic acids is 1. The summed E-state index contributed by atoms with van der Waals surface area (Å²) in [6.45, 7) is 1.85. The number of aldehydes is 1. The summed E-state index contributed by atoms with van der Waals surface area (Å²) in [5, 5.41) is 1.96. The molecule has 0 aromatic heterocycles. The molecule has 144 valence electrons. The molecular formula is C22H33NO3. The highest BCUT2D eigenvalue weighted by atomic mass is 16.7. The predicted molar refractivity (Wildman–Crippen MR) is 106 cm³/mol. The number of allylic oxidation sites excluding steroid dienone is 1. The van der Waals surface area contributed by atoms with Gasteiger partial charge < -0.3 is 4.74 Å². The molecule has 1 saturated heterocycles. The molecule has 1 heterocycles. The van der Waals surface area contributed by atoms with E-state index in [9.17, 15) is 4.79 Å². The topological polar surface area (TPSA) is 38.8 Å². The van der Waals surface area contributed by atoms with Crippen LogP contribution in [-0.2, 0) is 9.63 Å². The van der Waals surface area contributed by atoms with Crippen LogP contribution in [0.2, 0.25) is 0 Å². The van der Waals surface area contributed by atoms with E-state index in [0.717, 1.165) is 37.2 Å². The van der Waals surface area contributed by atoms with E-state index in [1.165, 1.54) is 57.4 Å². The van der Waals surface area contributed by atoms with Crippen molar-refractivity contribution in [3.8, 4) is 5.75 Å². The van der Waals surface area contributed by atoms with Crippen molar-refractivity contribution in [2.45, 2.75) is 63.9 Å². The quantitative estimate of drug-likeness (QED) is 0.281. The first-order valence-electron chi connectivity index (χ1n) is 10.0. The summed E-state index contributed by atoms with van der Waals surface area (Å²) < 4.78 is 5.76. The van der Waals surface area contributed by atoms with E-state index >= 15 is 0 Å². The van der Waals surface area contributed by atoms with Crippen molar-refractivity contribution < 1.29 is 14.4 Å². The summed E-state index contributed by atoms with van der Waals surface area (Å²) in [7, 11) is 2.02. The summed E-state index contributed by atoms with van der Waals surface area (Å²) in [6.07, 6.45) is 15.8. The maximum Gasteiger partial charge on any atom is 0.142 e. The molecule has 0 amide bonds. The second-order valence-corrected chi connectivity index (χ2v) is 7.04. The van der Waals surface area contributed by atoms with Crippen LogP contribution >= 0.6 is 0 Å². The van der Waals surface area contributed by atoms with Crippen molar-refractivity contribution in [1.29, 1.82) is 0 Å². The molecule has 4 heteroatoms. The van der Waals surface area contributed by atoms with E-state index in [0.29, 0.717) is 6.10 Å². The Bertz CT molecular complexity index is 527. The average molecular weight is 360 g/mol. The number of hydrogen-bond donors (Lipinski definition) is 0. The fourth-order valence-corrected chi connectivity index (χ4v) is 3.26. The molecule has 1 unspecified atom stereocenters. The highest BCUT2D eigenvalue weighted by Crippen LogP contribution is 2.18. The van der Waals surface area contributed by atoms with Crippen LogP contribution < -0.4 is 4.74 Å². The van der Waals surface area contributed by atoms with Crippen molar-refractivity contribution in [2.75, 3.05) is 20.2 Å². The van der Waals surface area contributed by atoms with Gasteiger partial charge in [0.05, 0.1) is 12.7 Å². The van der Waals surface area contributed by atoms with E-state index < -0.39 is 0 Å². The Kier molecular flexibility index (Phi) is 10.1. The van der Waals surface area contributed by atoms with Crippen LogP contribution in [0.15, 0.2) is 30.3 Å². The van der Waals surface area contributed by atoms with Crippen molar-refractivity contribution in [1.82, 2.24) is 5.06 Å². The fraction of sp³-hybridized carbons (Fsp3) is 0.591. The second kappa shape index (κ2) is 12.7. The first kappa shape index (κ1) is 20.7. The van der Waals surface area contributed by atoms with Gasteiger partial charge in [-0.2, -0.15) is 5.06 Å². The van der Waals surface area contributed by atoms with Gasteiger partial charge in [0.2, 0.25) is 0 Å². The van der Waals surface area contributed by atoms with Gasteiger partial charge in [0, 0.05) is 13.6 Å². The lowest BCUT2D eigenvalue weighted by Gasteiger charge is -2.11. The van der Waals surface area contributed by atoms with Crippen molar-refractivity contribution in [3.05, 3.63) is 35.9 Å². The molecule has 0 N–H and O–H groups in total. The summed E-state index contributed by atoms with van der Waals surface area (Å²) in [6, 6.07) is 7.83. The molecule has 0 bridgehead atoms. The zero-order valence-corrected chi connectivity index (χ0v) is 16.1. The van der Waals surface area contributed by atoms with Gasteiger partial charge in [-0.1, -0.05) is 56.7 Å². The fourth-order valence-electron chi connectivity index (χ4n) is 3.26. The Hall–Kier alpha value is -1.65. The van der Waals surface area contributed by atoms with Gasteiger partial charge in [0.1, 0.15) is 12.0 Å². The Morgan fingerprint density at radius 3 is 2.42 bits per heavy atom. The molecule has 1 aromatic rings. The molecule has 2 rings (SSSR count). The van der Waals surface area contributed by atoms with Crippen LogP contribution in [0.25, 0.3) is 6.08 Å². The number of ether oxygens (including phenoxy) is 1. The summed E-state index contributed by atoms with van der Waals surface area (Å²) >= 11 is 0. The lowest BCUT2D eigenvalue weighted by Crippen LogP contribution is -2.13. The van der Waals surface area contributed by atoms with Crippen LogP contribution in [0, 0.1) is 0 Å². The highest BCUT2D eigenvalue weighted by molar-refractivity contribution is 5.73.